The topological polar surface area (TPSA) is 104 Å². The molecule has 49 heavy (non-hydrogen) atoms. The smallest absolute Gasteiger partial charge is 0.290 e. The Hall–Kier alpha value is -3.69. The van der Waals surface area contributed by atoms with E-state index in [0.717, 1.165) is 86.9 Å². The minimum absolute atomic E-state index is 0.212. The molecule has 1 aromatic heterocycles. The highest BCUT2D eigenvalue weighted by Crippen LogP contribution is 2.44. The normalized spacial score (nSPS) is 16.1. The first-order chi connectivity index (χ1) is 23.2. The van der Waals surface area contributed by atoms with Crippen molar-refractivity contribution in [2.24, 2.45) is 11.3 Å². The van der Waals surface area contributed by atoms with Crippen molar-refractivity contribution in [1.82, 2.24) is 4.98 Å². The van der Waals surface area contributed by atoms with E-state index in [4.69, 9.17) is 29.5 Å². The van der Waals surface area contributed by atoms with Crippen molar-refractivity contribution in [3.63, 3.8) is 0 Å². The van der Waals surface area contributed by atoms with Crippen LogP contribution in [-0.2, 0) is 22.4 Å². The number of carboxylic acid groups (broad SMARTS) is 1. The maximum atomic E-state index is 13.2. The van der Waals surface area contributed by atoms with Gasteiger partial charge in [-0.3, -0.25) is 4.79 Å². The molecule has 0 bridgehead atoms. The molecule has 2 saturated heterocycles. The first kappa shape index (κ1) is 39.7. The number of benzene rings is 2. The number of nitrogens with zero attached hydrogens (tertiary/aromatic N) is 2. The molecule has 0 aliphatic carbocycles. The quantitative estimate of drug-likeness (QED) is 0.184. The van der Waals surface area contributed by atoms with Crippen molar-refractivity contribution in [3.8, 4) is 16.9 Å². The number of carbonyl (C=O) groups is 1. The molecular formula is C40H58FN3O5. The number of hydrogen-bond acceptors (Lipinski definition) is 7. The van der Waals surface area contributed by atoms with Gasteiger partial charge in [0.1, 0.15) is 17.4 Å². The van der Waals surface area contributed by atoms with Crippen LogP contribution in [0, 0.1) is 24.1 Å². The summed E-state index contributed by atoms with van der Waals surface area (Å²) in [4.78, 5) is 16.1. The fourth-order valence-corrected chi connectivity index (χ4v) is 6.08. The van der Waals surface area contributed by atoms with Crippen LogP contribution in [-0.4, -0.2) is 66.7 Å². The molecule has 8 nitrogen and oxygen atoms in total. The van der Waals surface area contributed by atoms with E-state index in [0.29, 0.717) is 17.9 Å². The van der Waals surface area contributed by atoms with Gasteiger partial charge < -0.3 is 29.9 Å². The highest BCUT2D eigenvalue weighted by atomic mass is 19.1. The lowest BCUT2D eigenvalue weighted by atomic mass is 9.82. The van der Waals surface area contributed by atoms with Crippen molar-refractivity contribution >= 4 is 18.0 Å². The second-order valence-corrected chi connectivity index (χ2v) is 14.7. The molecule has 2 fully saturated rings. The molecule has 3 aromatic rings. The molecule has 5 rings (SSSR count). The Morgan fingerprint density at radius 3 is 2.18 bits per heavy atom. The standard InChI is InChI=1S/C35H46FN3O2.C4H10O.CH2O2/c1-5-31-25(2)38-34(37-24-27-14-21-40-22-15-27)32(33(31)39-19-17-35(3,4)18-20-39)28-8-12-30(13-9-28)41-23-16-26-6-10-29(36)11-7-26;1-4(2,3)5;2-1-3/h6-13,27H,5,14-24H2,1-4H3,(H,37,38);5H,1-3H3;1H,(H,2,3). The van der Waals surface area contributed by atoms with Crippen LogP contribution in [0.25, 0.3) is 11.1 Å². The zero-order valence-corrected chi connectivity index (χ0v) is 30.7. The van der Waals surface area contributed by atoms with Gasteiger partial charge in [-0.15, -0.1) is 0 Å². The highest BCUT2D eigenvalue weighted by molar-refractivity contribution is 5.90. The number of halogens is 1. The summed E-state index contributed by atoms with van der Waals surface area (Å²) in [6.45, 7) is 19.4. The van der Waals surface area contributed by atoms with Crippen LogP contribution in [0.4, 0.5) is 15.9 Å². The second-order valence-electron chi connectivity index (χ2n) is 14.7. The summed E-state index contributed by atoms with van der Waals surface area (Å²) >= 11 is 0. The monoisotopic (exact) mass is 679 g/mol. The summed E-state index contributed by atoms with van der Waals surface area (Å²) < 4.78 is 24.9. The SMILES string of the molecule is CC(C)(C)O.CCc1c(C)nc(NCC2CCOCC2)c(-c2ccc(OCCc3ccc(F)cc3)cc2)c1N1CCC(C)(C)CC1.O=CO. The fourth-order valence-electron chi connectivity index (χ4n) is 6.08. The van der Waals surface area contributed by atoms with Crippen LogP contribution in [0.3, 0.4) is 0 Å². The first-order valence-corrected chi connectivity index (χ1v) is 17.6. The summed E-state index contributed by atoms with van der Waals surface area (Å²) in [6, 6.07) is 15.1. The van der Waals surface area contributed by atoms with E-state index in [1.54, 1.807) is 20.8 Å². The average Bonchev–Trinajstić information content (AvgIpc) is 3.05. The number of aryl methyl sites for hydroxylation is 1. The predicted octanol–water partition coefficient (Wildman–Crippen LogP) is 8.32. The number of hydrogen-bond donors (Lipinski definition) is 3. The summed E-state index contributed by atoms with van der Waals surface area (Å²) in [5, 5.41) is 19.2. The molecule has 0 atom stereocenters. The number of piperidine rings is 1. The largest absolute Gasteiger partial charge is 0.493 e. The average molecular weight is 680 g/mol. The van der Waals surface area contributed by atoms with Gasteiger partial charge in [-0.2, -0.15) is 0 Å². The van der Waals surface area contributed by atoms with Gasteiger partial charge in [-0.05, 0) is 112 Å². The number of rotatable bonds is 10. The van der Waals surface area contributed by atoms with Crippen LogP contribution in [0.1, 0.15) is 84.0 Å². The van der Waals surface area contributed by atoms with E-state index in [1.165, 1.54) is 41.8 Å². The van der Waals surface area contributed by atoms with Gasteiger partial charge in [0.25, 0.3) is 6.47 Å². The lowest BCUT2D eigenvalue weighted by Gasteiger charge is -2.40. The number of nitrogens with one attached hydrogen (secondary N) is 1. The number of ether oxygens (including phenoxy) is 2. The Kier molecular flexibility index (Phi) is 15.3. The van der Waals surface area contributed by atoms with Crippen LogP contribution in [0.2, 0.25) is 0 Å². The van der Waals surface area contributed by atoms with Gasteiger partial charge in [-0.1, -0.05) is 45.0 Å². The minimum Gasteiger partial charge on any atom is -0.493 e. The highest BCUT2D eigenvalue weighted by Gasteiger charge is 2.30. The molecule has 0 amide bonds. The fraction of sp³-hybridized carbons (Fsp3) is 0.550. The number of anilines is 2. The third kappa shape index (κ3) is 13.3. The molecule has 2 aromatic carbocycles. The van der Waals surface area contributed by atoms with Crippen LogP contribution < -0.4 is 15.0 Å². The molecule has 0 spiro atoms. The molecule has 0 radical (unpaired) electrons. The van der Waals surface area contributed by atoms with Gasteiger partial charge >= 0.3 is 0 Å². The predicted molar refractivity (Wildman–Crippen MR) is 197 cm³/mol. The first-order valence-electron chi connectivity index (χ1n) is 17.6. The zero-order chi connectivity index (χ0) is 36.0. The van der Waals surface area contributed by atoms with Crippen molar-refractivity contribution in [2.75, 3.05) is 49.7 Å². The molecule has 2 aliphatic rings. The minimum atomic E-state index is -0.500. The Morgan fingerprint density at radius 1 is 1.06 bits per heavy atom. The van der Waals surface area contributed by atoms with Gasteiger partial charge in [0, 0.05) is 50.5 Å². The van der Waals surface area contributed by atoms with Gasteiger partial charge in [0.05, 0.1) is 17.9 Å². The summed E-state index contributed by atoms with van der Waals surface area (Å²) in [7, 11) is 0. The summed E-state index contributed by atoms with van der Waals surface area (Å²) in [5.41, 5.74) is 7.11. The molecular weight excluding hydrogens is 621 g/mol. The Labute approximate surface area is 293 Å². The van der Waals surface area contributed by atoms with E-state index >= 15 is 0 Å². The second kappa shape index (κ2) is 18.9. The lowest BCUT2D eigenvalue weighted by Crippen LogP contribution is -2.38. The third-order valence-electron chi connectivity index (χ3n) is 8.88. The van der Waals surface area contributed by atoms with Gasteiger partial charge in [0.15, 0.2) is 0 Å². The van der Waals surface area contributed by atoms with E-state index in [9.17, 15) is 4.39 Å². The van der Waals surface area contributed by atoms with Gasteiger partial charge in [-0.25, -0.2) is 9.37 Å². The van der Waals surface area contributed by atoms with Crippen molar-refractivity contribution in [2.45, 2.75) is 92.6 Å². The summed E-state index contributed by atoms with van der Waals surface area (Å²) in [6.07, 6.45) is 6.23. The molecule has 9 heteroatoms. The van der Waals surface area contributed by atoms with E-state index in [1.807, 2.05) is 12.1 Å². The van der Waals surface area contributed by atoms with E-state index in [2.05, 4.69) is 62.2 Å². The third-order valence-corrected chi connectivity index (χ3v) is 8.88. The van der Waals surface area contributed by atoms with Crippen LogP contribution in [0.5, 0.6) is 5.75 Å². The maximum Gasteiger partial charge on any atom is 0.290 e. The molecule has 270 valence electrons. The molecule has 0 saturated carbocycles. The van der Waals surface area contributed by atoms with Gasteiger partial charge in [0.2, 0.25) is 0 Å². The number of aromatic nitrogens is 1. The molecule has 3 N–H and O–H groups in total. The number of aliphatic hydroxyl groups is 1. The van der Waals surface area contributed by atoms with Crippen molar-refractivity contribution in [1.29, 1.82) is 0 Å². The van der Waals surface area contributed by atoms with Crippen molar-refractivity contribution in [3.05, 3.63) is 71.2 Å². The molecule has 0 unspecified atom stereocenters. The van der Waals surface area contributed by atoms with E-state index < -0.39 is 5.60 Å². The number of pyridine rings is 1. The molecule has 3 heterocycles. The Bertz CT molecular complexity index is 1420. The Morgan fingerprint density at radius 2 is 1.63 bits per heavy atom. The van der Waals surface area contributed by atoms with Crippen molar-refractivity contribution < 1.29 is 28.9 Å². The maximum absolute atomic E-state index is 13.2. The molecule has 2 aliphatic heterocycles. The van der Waals surface area contributed by atoms with Crippen LogP contribution >= 0.6 is 0 Å². The lowest BCUT2D eigenvalue weighted by molar-refractivity contribution is -0.122. The zero-order valence-electron chi connectivity index (χ0n) is 30.7. The van der Waals surface area contributed by atoms with Crippen LogP contribution in [0.15, 0.2) is 48.5 Å². The Balaban J connectivity index is 0.000000734. The summed E-state index contributed by atoms with van der Waals surface area (Å²) in [5.74, 6) is 2.21. The van der Waals surface area contributed by atoms with E-state index in [-0.39, 0.29) is 12.3 Å².